The summed E-state index contributed by atoms with van der Waals surface area (Å²) in [5, 5.41) is 2.93. The summed E-state index contributed by atoms with van der Waals surface area (Å²) in [6.07, 6.45) is 8.17. The lowest BCUT2D eigenvalue weighted by Gasteiger charge is -2.35. The standard InChI is InChI=1S/C19H25N5O2/c25-18(22-11-17-3-1-10-26-17)6-9-23-12-15-4-5-16(23)14-24(13-15)19-20-7-2-8-21-19/h1-3,7-8,10,15-16H,4-6,9,11-14H2,(H,22,25)/t15-,16-/m1/s1. The molecule has 7 nitrogen and oxygen atoms in total. The summed E-state index contributed by atoms with van der Waals surface area (Å²) >= 11 is 0. The van der Waals surface area contributed by atoms with Crippen LogP contribution >= 0.6 is 0 Å². The first-order chi connectivity index (χ1) is 12.8. The molecule has 2 bridgehead atoms. The van der Waals surface area contributed by atoms with Crippen LogP contribution in [0.4, 0.5) is 5.95 Å². The van der Waals surface area contributed by atoms with Crippen LogP contribution < -0.4 is 10.2 Å². The number of aromatic nitrogens is 2. The zero-order valence-corrected chi connectivity index (χ0v) is 14.9. The molecule has 7 heteroatoms. The van der Waals surface area contributed by atoms with Crippen molar-refractivity contribution in [1.82, 2.24) is 20.2 Å². The molecule has 3 fully saturated rings. The molecule has 0 aromatic carbocycles. The minimum Gasteiger partial charge on any atom is -0.467 e. The number of nitrogens with one attached hydrogen (secondary N) is 1. The van der Waals surface area contributed by atoms with E-state index < -0.39 is 0 Å². The summed E-state index contributed by atoms with van der Waals surface area (Å²) in [5.41, 5.74) is 0. The number of amides is 1. The number of hydrogen-bond donors (Lipinski definition) is 1. The summed E-state index contributed by atoms with van der Waals surface area (Å²) in [5.74, 6) is 2.29. The lowest BCUT2D eigenvalue weighted by Crippen LogP contribution is -2.45. The van der Waals surface area contributed by atoms with Gasteiger partial charge < -0.3 is 14.6 Å². The van der Waals surface area contributed by atoms with Crippen LogP contribution in [0.3, 0.4) is 0 Å². The number of carbonyl (C=O) groups excluding carboxylic acids is 1. The molecule has 26 heavy (non-hydrogen) atoms. The molecule has 5 heterocycles. The van der Waals surface area contributed by atoms with E-state index in [-0.39, 0.29) is 5.91 Å². The second-order valence-corrected chi connectivity index (χ2v) is 7.15. The van der Waals surface area contributed by atoms with Crippen LogP contribution in [0.2, 0.25) is 0 Å². The fourth-order valence-electron chi connectivity index (χ4n) is 4.00. The van der Waals surface area contributed by atoms with Crippen LogP contribution in [0.15, 0.2) is 41.3 Å². The van der Waals surface area contributed by atoms with E-state index in [2.05, 4.69) is 25.1 Å². The molecule has 0 radical (unpaired) electrons. The lowest BCUT2D eigenvalue weighted by atomic mass is 9.95. The monoisotopic (exact) mass is 355 g/mol. The molecule has 0 aliphatic carbocycles. The average molecular weight is 355 g/mol. The maximum Gasteiger partial charge on any atom is 0.225 e. The second kappa shape index (κ2) is 7.86. The van der Waals surface area contributed by atoms with Gasteiger partial charge in [-0.3, -0.25) is 9.69 Å². The third-order valence-corrected chi connectivity index (χ3v) is 5.33. The number of furan rings is 1. The lowest BCUT2D eigenvalue weighted by molar-refractivity contribution is -0.121. The topological polar surface area (TPSA) is 74.5 Å². The molecule has 2 aromatic rings. The molecule has 5 rings (SSSR count). The summed E-state index contributed by atoms with van der Waals surface area (Å²) in [6.45, 7) is 4.25. The maximum atomic E-state index is 12.1. The molecule has 0 spiro atoms. The number of nitrogens with zero attached hydrogens (tertiary/aromatic N) is 4. The van der Waals surface area contributed by atoms with E-state index in [1.807, 2.05) is 18.2 Å². The van der Waals surface area contributed by atoms with Crippen LogP contribution in [0.1, 0.15) is 25.0 Å². The van der Waals surface area contributed by atoms with E-state index in [0.29, 0.717) is 24.9 Å². The molecule has 3 saturated heterocycles. The van der Waals surface area contributed by atoms with Crippen LogP contribution in [0.25, 0.3) is 0 Å². The normalized spacial score (nSPS) is 23.0. The molecule has 1 N–H and O–H groups in total. The van der Waals surface area contributed by atoms with Gasteiger partial charge in [0.05, 0.1) is 12.8 Å². The largest absolute Gasteiger partial charge is 0.467 e. The van der Waals surface area contributed by atoms with Crippen LogP contribution in [-0.4, -0.2) is 53.0 Å². The zero-order chi connectivity index (χ0) is 17.8. The van der Waals surface area contributed by atoms with Crippen molar-refractivity contribution in [2.75, 3.05) is 31.1 Å². The Hall–Kier alpha value is -2.41. The minimum absolute atomic E-state index is 0.0739. The Morgan fingerprint density at radius 1 is 1.19 bits per heavy atom. The Morgan fingerprint density at radius 3 is 2.88 bits per heavy atom. The molecular formula is C19H25N5O2. The molecule has 3 aliphatic heterocycles. The highest BCUT2D eigenvalue weighted by molar-refractivity contribution is 5.76. The number of fused-ring (bicyclic) bond motifs is 4. The zero-order valence-electron chi connectivity index (χ0n) is 14.9. The number of hydrogen-bond acceptors (Lipinski definition) is 6. The Bertz CT molecular complexity index is 706. The Labute approximate surface area is 153 Å². The number of anilines is 1. The third-order valence-electron chi connectivity index (χ3n) is 5.33. The van der Waals surface area contributed by atoms with Gasteiger partial charge in [-0.15, -0.1) is 0 Å². The van der Waals surface area contributed by atoms with Gasteiger partial charge in [0.25, 0.3) is 0 Å². The predicted octanol–water partition coefficient (Wildman–Crippen LogP) is 1.68. The fraction of sp³-hybridized carbons (Fsp3) is 0.526. The summed E-state index contributed by atoms with van der Waals surface area (Å²) in [4.78, 5) is 25.8. The van der Waals surface area contributed by atoms with Gasteiger partial charge in [0.1, 0.15) is 5.76 Å². The quantitative estimate of drug-likeness (QED) is 0.850. The Morgan fingerprint density at radius 2 is 2.08 bits per heavy atom. The van der Waals surface area contributed by atoms with Crippen molar-refractivity contribution in [3.63, 3.8) is 0 Å². The first-order valence-corrected chi connectivity index (χ1v) is 9.33. The molecule has 3 aliphatic rings. The molecule has 2 aromatic heterocycles. The smallest absolute Gasteiger partial charge is 0.225 e. The van der Waals surface area contributed by atoms with Gasteiger partial charge in [0.15, 0.2) is 0 Å². The van der Waals surface area contributed by atoms with E-state index in [1.54, 1.807) is 18.7 Å². The van der Waals surface area contributed by atoms with Crippen LogP contribution in [0.5, 0.6) is 0 Å². The van der Waals surface area contributed by atoms with Crippen molar-refractivity contribution < 1.29 is 9.21 Å². The third kappa shape index (κ3) is 4.04. The van der Waals surface area contributed by atoms with Crippen molar-refractivity contribution >= 4 is 11.9 Å². The van der Waals surface area contributed by atoms with Crippen molar-refractivity contribution in [2.24, 2.45) is 5.92 Å². The number of piperidine rings is 1. The van der Waals surface area contributed by atoms with Gasteiger partial charge in [-0.1, -0.05) is 0 Å². The van der Waals surface area contributed by atoms with E-state index in [0.717, 1.165) is 37.9 Å². The van der Waals surface area contributed by atoms with Gasteiger partial charge >= 0.3 is 0 Å². The molecule has 0 unspecified atom stereocenters. The van der Waals surface area contributed by atoms with Gasteiger partial charge in [-0.2, -0.15) is 0 Å². The van der Waals surface area contributed by atoms with Gasteiger partial charge in [0, 0.05) is 51.0 Å². The highest BCUT2D eigenvalue weighted by atomic mass is 16.3. The summed E-state index contributed by atoms with van der Waals surface area (Å²) < 4.78 is 5.25. The first kappa shape index (κ1) is 17.0. The summed E-state index contributed by atoms with van der Waals surface area (Å²) in [7, 11) is 0. The number of carbonyl (C=O) groups is 1. The molecule has 2 atom stereocenters. The Kier molecular flexibility index (Phi) is 5.15. The average Bonchev–Trinajstić information content (AvgIpc) is 3.04. The second-order valence-electron chi connectivity index (χ2n) is 7.15. The molecule has 1 amide bonds. The van der Waals surface area contributed by atoms with E-state index in [4.69, 9.17) is 4.42 Å². The molecule has 0 saturated carbocycles. The summed E-state index contributed by atoms with van der Waals surface area (Å²) in [6, 6.07) is 6.02. The van der Waals surface area contributed by atoms with E-state index in [1.165, 1.54) is 12.8 Å². The maximum absolute atomic E-state index is 12.1. The highest BCUT2D eigenvalue weighted by Gasteiger charge is 2.35. The van der Waals surface area contributed by atoms with Gasteiger partial charge in [-0.05, 0) is 37.0 Å². The SMILES string of the molecule is O=C(CCN1C[C@H]2CC[C@@H]1CN(c1ncccn1)C2)NCc1ccco1. The minimum atomic E-state index is 0.0739. The molecule has 138 valence electrons. The van der Waals surface area contributed by atoms with Crippen LogP contribution in [-0.2, 0) is 11.3 Å². The molecular weight excluding hydrogens is 330 g/mol. The predicted molar refractivity (Wildman–Crippen MR) is 97.5 cm³/mol. The van der Waals surface area contributed by atoms with Gasteiger partial charge in [0.2, 0.25) is 11.9 Å². The number of rotatable bonds is 6. The first-order valence-electron chi connectivity index (χ1n) is 9.33. The highest BCUT2D eigenvalue weighted by Crippen LogP contribution is 2.29. The van der Waals surface area contributed by atoms with Gasteiger partial charge in [-0.25, -0.2) is 9.97 Å². The fourth-order valence-corrected chi connectivity index (χ4v) is 4.00. The van der Waals surface area contributed by atoms with Crippen LogP contribution in [0, 0.1) is 5.92 Å². The van der Waals surface area contributed by atoms with Crippen molar-refractivity contribution in [3.05, 3.63) is 42.6 Å². The van der Waals surface area contributed by atoms with E-state index >= 15 is 0 Å². The van der Waals surface area contributed by atoms with Crippen molar-refractivity contribution in [3.8, 4) is 0 Å². The Balaban J connectivity index is 1.30. The van der Waals surface area contributed by atoms with Crippen molar-refractivity contribution in [1.29, 1.82) is 0 Å². The van der Waals surface area contributed by atoms with E-state index in [9.17, 15) is 4.79 Å². The van der Waals surface area contributed by atoms with Crippen molar-refractivity contribution in [2.45, 2.75) is 31.8 Å².